The van der Waals surface area contributed by atoms with E-state index in [0.29, 0.717) is 21.3 Å². The molecule has 1 unspecified atom stereocenters. The van der Waals surface area contributed by atoms with Gasteiger partial charge in [0.2, 0.25) is 0 Å². The van der Waals surface area contributed by atoms with Crippen molar-refractivity contribution >= 4 is 31.9 Å². The molecule has 0 fully saturated rings. The Morgan fingerprint density at radius 2 is 1.81 bits per heavy atom. The van der Waals surface area contributed by atoms with Crippen LogP contribution in [0.5, 0.6) is 5.75 Å². The molecule has 112 valence electrons. The molecule has 0 heterocycles. The highest BCUT2D eigenvalue weighted by Crippen LogP contribution is 2.37. The van der Waals surface area contributed by atoms with Crippen molar-refractivity contribution in [2.45, 2.75) is 11.2 Å². The third kappa shape index (κ3) is 3.80. The summed E-state index contributed by atoms with van der Waals surface area (Å²) >= 11 is 6.55. The topological polar surface area (TPSA) is 9.23 Å². The largest absolute Gasteiger partial charge is 0.496 e. The highest BCUT2D eigenvalue weighted by molar-refractivity contribution is 9.10. The number of halogens is 5. The lowest BCUT2D eigenvalue weighted by Crippen LogP contribution is -2.02. The molecule has 2 rings (SSSR count). The van der Waals surface area contributed by atoms with Gasteiger partial charge in [-0.25, -0.2) is 13.2 Å². The standard InChI is InChI=1S/C15H11Br2F3O/c1-21-15-7-14(20)12(17)6-10(15)11(16)4-8-2-3-9(18)5-13(8)19/h2-3,5-7,11H,4H2,1H3. The summed E-state index contributed by atoms with van der Waals surface area (Å²) in [4.78, 5) is -0.302. The molecule has 2 aromatic carbocycles. The molecular weight excluding hydrogens is 413 g/mol. The predicted molar refractivity (Wildman–Crippen MR) is 82.4 cm³/mol. The number of benzene rings is 2. The first-order chi connectivity index (χ1) is 9.92. The van der Waals surface area contributed by atoms with Crippen molar-refractivity contribution in [1.82, 2.24) is 0 Å². The quantitative estimate of drug-likeness (QED) is 0.585. The summed E-state index contributed by atoms with van der Waals surface area (Å²) in [5, 5.41) is 0. The van der Waals surface area contributed by atoms with Crippen LogP contribution in [-0.2, 0) is 6.42 Å². The SMILES string of the molecule is COc1cc(F)c(Br)cc1C(Br)Cc1ccc(F)cc1F. The van der Waals surface area contributed by atoms with Crippen molar-refractivity contribution in [2.75, 3.05) is 7.11 Å². The van der Waals surface area contributed by atoms with E-state index in [0.717, 1.165) is 6.07 Å². The van der Waals surface area contributed by atoms with Crippen molar-refractivity contribution in [3.05, 3.63) is 63.4 Å². The van der Waals surface area contributed by atoms with Gasteiger partial charge in [-0.1, -0.05) is 22.0 Å². The minimum atomic E-state index is -0.621. The Bertz CT molecular complexity index is 662. The summed E-state index contributed by atoms with van der Waals surface area (Å²) in [6.45, 7) is 0. The van der Waals surface area contributed by atoms with Crippen LogP contribution in [0.15, 0.2) is 34.8 Å². The normalized spacial score (nSPS) is 12.3. The molecule has 6 heteroatoms. The fraction of sp³-hybridized carbons (Fsp3) is 0.200. The summed E-state index contributed by atoms with van der Waals surface area (Å²) < 4.78 is 45.5. The number of alkyl halides is 1. The van der Waals surface area contributed by atoms with Gasteiger partial charge < -0.3 is 4.74 Å². The molecule has 0 aliphatic rings. The maximum atomic E-state index is 13.7. The first-order valence-electron chi connectivity index (χ1n) is 6.03. The van der Waals surface area contributed by atoms with Crippen molar-refractivity contribution < 1.29 is 17.9 Å². The third-order valence-corrected chi connectivity index (χ3v) is 4.45. The molecule has 0 bridgehead atoms. The van der Waals surface area contributed by atoms with Crippen LogP contribution >= 0.6 is 31.9 Å². The van der Waals surface area contributed by atoms with E-state index < -0.39 is 17.5 Å². The second kappa shape index (κ2) is 6.83. The molecule has 0 spiro atoms. The molecular formula is C15H11Br2F3O. The van der Waals surface area contributed by atoms with Gasteiger partial charge >= 0.3 is 0 Å². The van der Waals surface area contributed by atoms with Crippen molar-refractivity contribution in [3.63, 3.8) is 0 Å². The monoisotopic (exact) mass is 422 g/mol. The fourth-order valence-corrected chi connectivity index (χ4v) is 3.02. The second-order valence-electron chi connectivity index (χ2n) is 4.42. The Kier molecular flexibility index (Phi) is 5.32. The van der Waals surface area contributed by atoms with Crippen molar-refractivity contribution in [3.8, 4) is 5.75 Å². The lowest BCUT2D eigenvalue weighted by molar-refractivity contribution is 0.405. The smallest absolute Gasteiger partial charge is 0.141 e. The Hall–Kier alpha value is -1.01. The van der Waals surface area contributed by atoms with Gasteiger partial charge in [0.15, 0.2) is 0 Å². The Balaban J connectivity index is 2.31. The molecule has 0 N–H and O–H groups in total. The third-order valence-electron chi connectivity index (χ3n) is 3.02. The van der Waals surface area contributed by atoms with Crippen LogP contribution in [0.25, 0.3) is 0 Å². The molecule has 2 aromatic rings. The fourth-order valence-electron chi connectivity index (χ4n) is 1.96. The first-order valence-corrected chi connectivity index (χ1v) is 7.74. The Morgan fingerprint density at radius 3 is 2.43 bits per heavy atom. The number of methoxy groups -OCH3 is 1. The van der Waals surface area contributed by atoms with E-state index in [1.54, 1.807) is 6.07 Å². The molecule has 0 saturated heterocycles. The summed E-state index contributed by atoms with van der Waals surface area (Å²) in [5.74, 6) is -1.31. The van der Waals surface area contributed by atoms with Crippen LogP contribution in [0.1, 0.15) is 16.0 Å². The van der Waals surface area contributed by atoms with Gasteiger partial charge in [-0.2, -0.15) is 0 Å². The van der Waals surface area contributed by atoms with Crippen molar-refractivity contribution in [1.29, 1.82) is 0 Å². The van der Waals surface area contributed by atoms with E-state index in [1.807, 2.05) is 0 Å². The molecule has 21 heavy (non-hydrogen) atoms. The maximum absolute atomic E-state index is 13.7. The second-order valence-corrected chi connectivity index (χ2v) is 6.38. The van der Waals surface area contributed by atoms with E-state index in [2.05, 4.69) is 31.9 Å². The summed E-state index contributed by atoms with van der Waals surface area (Å²) in [6, 6.07) is 6.27. The summed E-state index contributed by atoms with van der Waals surface area (Å²) in [6.07, 6.45) is 0.278. The molecule has 0 amide bonds. The summed E-state index contributed by atoms with van der Waals surface area (Å²) in [5.41, 5.74) is 1.04. The van der Waals surface area contributed by atoms with Crippen LogP contribution in [0.4, 0.5) is 13.2 Å². The van der Waals surface area contributed by atoms with Crippen LogP contribution < -0.4 is 4.74 Å². The zero-order valence-corrected chi connectivity index (χ0v) is 14.1. The lowest BCUT2D eigenvalue weighted by atomic mass is 10.0. The minimum absolute atomic E-state index is 0.278. The van der Waals surface area contributed by atoms with Gasteiger partial charge in [0.1, 0.15) is 23.2 Å². The number of rotatable bonds is 4. The number of ether oxygens (including phenoxy) is 1. The van der Waals surface area contributed by atoms with E-state index in [9.17, 15) is 13.2 Å². The van der Waals surface area contributed by atoms with Gasteiger partial charge in [0, 0.05) is 22.5 Å². The van der Waals surface area contributed by atoms with E-state index in [-0.39, 0.29) is 11.2 Å². The lowest BCUT2D eigenvalue weighted by Gasteiger charge is -2.16. The average molecular weight is 424 g/mol. The van der Waals surface area contributed by atoms with Gasteiger partial charge in [-0.3, -0.25) is 0 Å². The van der Waals surface area contributed by atoms with E-state index in [1.165, 1.54) is 25.3 Å². The van der Waals surface area contributed by atoms with Crippen LogP contribution in [0.3, 0.4) is 0 Å². The van der Waals surface area contributed by atoms with Crippen LogP contribution in [0, 0.1) is 17.5 Å². The minimum Gasteiger partial charge on any atom is -0.496 e. The average Bonchev–Trinajstić information content (AvgIpc) is 2.44. The Labute approximate surface area is 137 Å². The zero-order chi connectivity index (χ0) is 15.6. The van der Waals surface area contributed by atoms with E-state index in [4.69, 9.17) is 4.74 Å². The molecule has 0 radical (unpaired) electrons. The number of hydrogen-bond acceptors (Lipinski definition) is 1. The highest BCUT2D eigenvalue weighted by Gasteiger charge is 2.18. The maximum Gasteiger partial charge on any atom is 0.141 e. The molecule has 0 aromatic heterocycles. The van der Waals surface area contributed by atoms with E-state index >= 15 is 0 Å². The predicted octanol–water partition coefficient (Wildman–Crippen LogP) is 5.55. The highest BCUT2D eigenvalue weighted by atomic mass is 79.9. The van der Waals surface area contributed by atoms with Crippen LogP contribution in [0.2, 0.25) is 0 Å². The number of hydrogen-bond donors (Lipinski definition) is 0. The van der Waals surface area contributed by atoms with Gasteiger partial charge in [-0.05, 0) is 40.0 Å². The van der Waals surface area contributed by atoms with Crippen molar-refractivity contribution in [2.24, 2.45) is 0 Å². The van der Waals surface area contributed by atoms with Gasteiger partial charge in [-0.15, -0.1) is 0 Å². The zero-order valence-electron chi connectivity index (χ0n) is 11.0. The first kappa shape index (κ1) is 16.4. The molecule has 0 aliphatic heterocycles. The molecule has 1 nitrogen and oxygen atoms in total. The van der Waals surface area contributed by atoms with Gasteiger partial charge in [0.25, 0.3) is 0 Å². The van der Waals surface area contributed by atoms with Gasteiger partial charge in [0.05, 0.1) is 11.6 Å². The Morgan fingerprint density at radius 1 is 1.10 bits per heavy atom. The summed E-state index contributed by atoms with van der Waals surface area (Å²) in [7, 11) is 1.43. The molecule has 1 atom stereocenters. The molecule has 0 aliphatic carbocycles. The van der Waals surface area contributed by atoms with Crippen LogP contribution in [-0.4, -0.2) is 7.11 Å². The molecule has 0 saturated carbocycles.